The summed E-state index contributed by atoms with van der Waals surface area (Å²) in [5.41, 5.74) is 4.71. The van der Waals surface area contributed by atoms with E-state index in [1.807, 2.05) is 60.8 Å². The van der Waals surface area contributed by atoms with Crippen molar-refractivity contribution < 1.29 is 4.92 Å². The van der Waals surface area contributed by atoms with E-state index in [9.17, 15) is 10.1 Å². The summed E-state index contributed by atoms with van der Waals surface area (Å²) in [6, 6.07) is 24.4. The van der Waals surface area contributed by atoms with Gasteiger partial charge >= 0.3 is 0 Å². The third kappa shape index (κ3) is 3.76. The summed E-state index contributed by atoms with van der Waals surface area (Å²) in [5, 5.41) is 15.3. The molecule has 0 spiro atoms. The van der Waals surface area contributed by atoms with Gasteiger partial charge in [-0.15, -0.1) is 0 Å². The van der Waals surface area contributed by atoms with E-state index in [1.54, 1.807) is 12.1 Å². The third-order valence-corrected chi connectivity index (χ3v) is 4.42. The average molecular weight is 370 g/mol. The van der Waals surface area contributed by atoms with Crippen LogP contribution in [-0.4, -0.2) is 16.1 Å². The maximum absolute atomic E-state index is 10.9. The van der Waals surface area contributed by atoms with E-state index in [2.05, 4.69) is 15.3 Å². The topological polar surface area (TPSA) is 83.3 Å². The molecule has 4 aromatic rings. The number of nitrogens with one attached hydrogen (secondary N) is 2. The van der Waals surface area contributed by atoms with Gasteiger partial charge in [0.2, 0.25) is 0 Å². The Morgan fingerprint density at radius 3 is 2.43 bits per heavy atom. The van der Waals surface area contributed by atoms with Crippen LogP contribution in [0.2, 0.25) is 0 Å². The molecule has 0 radical (unpaired) electrons. The molecule has 0 saturated heterocycles. The standard InChI is InChI=1S/C22H18N4O2/c27-26(28)18-12-10-17(11-13-18)24-22-19-8-4-5-9-20(19)25-21(22)15-23-14-16-6-2-1-3-7-16/h1-13,15,24-25H,14H2. The molecule has 0 amide bonds. The lowest BCUT2D eigenvalue weighted by Gasteiger charge is -2.06. The molecular weight excluding hydrogens is 352 g/mol. The van der Waals surface area contributed by atoms with E-state index in [-0.39, 0.29) is 5.69 Å². The zero-order chi connectivity index (χ0) is 19.3. The Morgan fingerprint density at radius 1 is 0.964 bits per heavy atom. The van der Waals surface area contributed by atoms with Gasteiger partial charge in [-0.1, -0.05) is 48.5 Å². The van der Waals surface area contributed by atoms with Gasteiger partial charge in [0, 0.05) is 34.9 Å². The number of para-hydroxylation sites is 1. The van der Waals surface area contributed by atoms with Crippen molar-refractivity contribution in [2.75, 3.05) is 5.32 Å². The number of rotatable bonds is 6. The number of non-ortho nitro benzene ring substituents is 1. The number of nitro groups is 1. The Balaban J connectivity index is 1.64. The second-order valence-electron chi connectivity index (χ2n) is 6.34. The number of aromatic nitrogens is 1. The number of aliphatic imine (C=N–C) groups is 1. The number of benzene rings is 3. The van der Waals surface area contributed by atoms with Gasteiger partial charge in [0.05, 0.1) is 22.8 Å². The van der Waals surface area contributed by atoms with E-state index in [0.717, 1.165) is 33.5 Å². The molecule has 1 aromatic heterocycles. The van der Waals surface area contributed by atoms with Crippen LogP contribution in [0.3, 0.4) is 0 Å². The molecule has 2 N–H and O–H groups in total. The molecule has 4 rings (SSSR count). The van der Waals surface area contributed by atoms with Crippen LogP contribution in [0.15, 0.2) is 83.9 Å². The molecule has 3 aromatic carbocycles. The highest BCUT2D eigenvalue weighted by molar-refractivity contribution is 6.04. The van der Waals surface area contributed by atoms with Crippen molar-refractivity contribution in [2.45, 2.75) is 6.54 Å². The van der Waals surface area contributed by atoms with Gasteiger partial charge in [-0.25, -0.2) is 0 Å². The third-order valence-electron chi connectivity index (χ3n) is 4.42. The molecule has 6 nitrogen and oxygen atoms in total. The van der Waals surface area contributed by atoms with Gasteiger partial charge in [0.25, 0.3) is 5.69 Å². The number of nitrogens with zero attached hydrogens (tertiary/aromatic N) is 2. The van der Waals surface area contributed by atoms with E-state index in [0.29, 0.717) is 6.54 Å². The number of H-pyrrole nitrogens is 1. The Kier molecular flexibility index (Phi) is 4.84. The molecule has 6 heteroatoms. The maximum atomic E-state index is 10.9. The van der Waals surface area contributed by atoms with Gasteiger partial charge in [-0.3, -0.25) is 15.1 Å². The van der Waals surface area contributed by atoms with Crippen molar-refractivity contribution >= 4 is 34.2 Å². The van der Waals surface area contributed by atoms with Crippen molar-refractivity contribution in [1.29, 1.82) is 0 Å². The first-order chi connectivity index (χ1) is 13.7. The van der Waals surface area contributed by atoms with E-state index in [1.165, 1.54) is 12.1 Å². The summed E-state index contributed by atoms with van der Waals surface area (Å²) in [6.45, 7) is 0.590. The van der Waals surface area contributed by atoms with Crippen LogP contribution in [0, 0.1) is 10.1 Å². The lowest BCUT2D eigenvalue weighted by atomic mass is 10.2. The molecule has 0 atom stereocenters. The highest BCUT2D eigenvalue weighted by Gasteiger charge is 2.11. The van der Waals surface area contributed by atoms with Crippen LogP contribution in [0.5, 0.6) is 0 Å². The van der Waals surface area contributed by atoms with Crippen LogP contribution in [0.4, 0.5) is 17.1 Å². The molecule has 0 aliphatic heterocycles. The average Bonchev–Trinajstić information content (AvgIpc) is 3.07. The summed E-state index contributed by atoms with van der Waals surface area (Å²) < 4.78 is 0. The molecule has 0 aliphatic rings. The van der Waals surface area contributed by atoms with Gasteiger partial charge in [0.15, 0.2) is 0 Å². The van der Waals surface area contributed by atoms with E-state index in [4.69, 9.17) is 0 Å². The minimum Gasteiger partial charge on any atom is -0.353 e. The molecule has 0 aliphatic carbocycles. The number of hydrogen-bond acceptors (Lipinski definition) is 4. The lowest BCUT2D eigenvalue weighted by molar-refractivity contribution is -0.384. The van der Waals surface area contributed by atoms with Crippen LogP contribution in [-0.2, 0) is 6.54 Å². The SMILES string of the molecule is O=[N+]([O-])c1ccc(Nc2c(C=NCc3ccccc3)[nH]c3ccccc23)cc1. The highest BCUT2D eigenvalue weighted by Crippen LogP contribution is 2.30. The second kappa shape index (κ2) is 7.75. The molecule has 0 bridgehead atoms. The predicted molar refractivity (Wildman–Crippen MR) is 112 cm³/mol. The van der Waals surface area contributed by atoms with Crippen LogP contribution < -0.4 is 5.32 Å². The van der Waals surface area contributed by atoms with Gasteiger partial charge in [-0.05, 0) is 23.8 Å². The van der Waals surface area contributed by atoms with Crippen LogP contribution >= 0.6 is 0 Å². The Labute approximate surface area is 161 Å². The number of hydrogen-bond donors (Lipinski definition) is 2. The summed E-state index contributed by atoms with van der Waals surface area (Å²) in [7, 11) is 0. The van der Waals surface area contributed by atoms with Gasteiger partial charge in [-0.2, -0.15) is 0 Å². The summed E-state index contributed by atoms with van der Waals surface area (Å²) in [4.78, 5) is 18.4. The molecule has 0 unspecified atom stereocenters. The molecule has 138 valence electrons. The zero-order valence-corrected chi connectivity index (χ0v) is 15.0. The van der Waals surface area contributed by atoms with Crippen molar-refractivity contribution in [2.24, 2.45) is 4.99 Å². The smallest absolute Gasteiger partial charge is 0.269 e. The fourth-order valence-corrected chi connectivity index (χ4v) is 3.03. The first kappa shape index (κ1) is 17.5. The Bertz CT molecular complexity index is 1130. The second-order valence-corrected chi connectivity index (χ2v) is 6.34. The minimum atomic E-state index is -0.406. The summed E-state index contributed by atoms with van der Waals surface area (Å²) in [6.07, 6.45) is 1.82. The summed E-state index contributed by atoms with van der Waals surface area (Å²) in [5.74, 6) is 0. The fourth-order valence-electron chi connectivity index (χ4n) is 3.03. The van der Waals surface area contributed by atoms with Crippen LogP contribution in [0.25, 0.3) is 10.9 Å². The first-order valence-corrected chi connectivity index (χ1v) is 8.86. The van der Waals surface area contributed by atoms with Crippen molar-refractivity contribution in [1.82, 2.24) is 4.98 Å². The highest BCUT2D eigenvalue weighted by atomic mass is 16.6. The van der Waals surface area contributed by atoms with Crippen molar-refractivity contribution in [3.8, 4) is 0 Å². The number of nitro benzene ring substituents is 1. The fraction of sp³-hybridized carbons (Fsp3) is 0.0455. The normalized spacial score (nSPS) is 11.1. The van der Waals surface area contributed by atoms with E-state index >= 15 is 0 Å². The Morgan fingerprint density at radius 2 is 1.68 bits per heavy atom. The molecular formula is C22H18N4O2. The van der Waals surface area contributed by atoms with E-state index < -0.39 is 4.92 Å². The van der Waals surface area contributed by atoms with Crippen molar-refractivity contribution in [3.05, 3.63) is 100 Å². The van der Waals surface area contributed by atoms with Crippen LogP contribution in [0.1, 0.15) is 11.3 Å². The summed E-state index contributed by atoms with van der Waals surface area (Å²) >= 11 is 0. The molecule has 0 saturated carbocycles. The Hall–Kier alpha value is -3.93. The monoisotopic (exact) mass is 370 g/mol. The molecule has 0 fully saturated rings. The maximum Gasteiger partial charge on any atom is 0.269 e. The number of fused-ring (bicyclic) bond motifs is 1. The largest absolute Gasteiger partial charge is 0.353 e. The quantitative estimate of drug-likeness (QED) is 0.269. The molecule has 1 heterocycles. The number of anilines is 2. The number of aromatic amines is 1. The van der Waals surface area contributed by atoms with Gasteiger partial charge < -0.3 is 10.3 Å². The minimum absolute atomic E-state index is 0.0640. The van der Waals surface area contributed by atoms with Crippen molar-refractivity contribution in [3.63, 3.8) is 0 Å². The van der Waals surface area contributed by atoms with Gasteiger partial charge in [0.1, 0.15) is 0 Å². The lowest BCUT2D eigenvalue weighted by Crippen LogP contribution is -1.95. The first-order valence-electron chi connectivity index (χ1n) is 8.86. The predicted octanol–water partition coefficient (Wildman–Crippen LogP) is 5.44. The molecule has 28 heavy (non-hydrogen) atoms. The zero-order valence-electron chi connectivity index (χ0n) is 15.0.